The van der Waals surface area contributed by atoms with Crippen LogP contribution in [0, 0.1) is 0 Å². The second-order valence-electron chi connectivity index (χ2n) is 3.34. The lowest BCUT2D eigenvalue weighted by Gasteiger charge is -1.92. The monoisotopic (exact) mass is 248 g/mol. The summed E-state index contributed by atoms with van der Waals surface area (Å²) in [7, 11) is 0. The van der Waals surface area contributed by atoms with E-state index in [9.17, 15) is 4.79 Å². The van der Waals surface area contributed by atoms with Gasteiger partial charge in [-0.2, -0.15) is 0 Å². The van der Waals surface area contributed by atoms with E-state index in [1.54, 1.807) is 12.1 Å². The van der Waals surface area contributed by atoms with Gasteiger partial charge in [-0.15, -0.1) is 0 Å². The Morgan fingerprint density at radius 1 is 0.778 bits per heavy atom. The number of carbonyl (C=O) groups is 1. The quantitative estimate of drug-likeness (QED) is 0.580. The Hall–Kier alpha value is -2.69. The minimum atomic E-state index is -0.986. The van der Waals surface area contributed by atoms with Gasteiger partial charge in [0.25, 0.3) is 0 Å². The van der Waals surface area contributed by atoms with Crippen molar-refractivity contribution in [3.63, 3.8) is 0 Å². The maximum atomic E-state index is 10.2. The van der Waals surface area contributed by atoms with Gasteiger partial charge in [-0.05, 0) is 36.4 Å². The van der Waals surface area contributed by atoms with Crippen LogP contribution in [-0.4, -0.2) is 26.4 Å². The van der Waals surface area contributed by atoms with E-state index in [1.165, 1.54) is 36.4 Å². The van der Waals surface area contributed by atoms with Crippen LogP contribution in [0.15, 0.2) is 48.5 Å². The number of hydrogen-bond acceptors (Lipinski definition) is 4. The van der Waals surface area contributed by atoms with Gasteiger partial charge in [0.15, 0.2) is 11.5 Å². The van der Waals surface area contributed by atoms with Crippen molar-refractivity contribution >= 4 is 5.97 Å². The summed E-state index contributed by atoms with van der Waals surface area (Å²) in [6.45, 7) is 0. The SMILES string of the molecule is O=C(O)c1ccc(O)cc1.Oc1ccccc1O. The van der Waals surface area contributed by atoms with E-state index >= 15 is 0 Å². The molecule has 2 aromatic rings. The van der Waals surface area contributed by atoms with E-state index in [2.05, 4.69) is 0 Å². The van der Waals surface area contributed by atoms with Gasteiger partial charge in [0.1, 0.15) is 5.75 Å². The highest BCUT2D eigenvalue weighted by atomic mass is 16.4. The highest BCUT2D eigenvalue weighted by molar-refractivity contribution is 5.87. The van der Waals surface area contributed by atoms with Gasteiger partial charge in [-0.3, -0.25) is 0 Å². The fourth-order valence-electron chi connectivity index (χ4n) is 1.07. The molecule has 0 saturated carbocycles. The van der Waals surface area contributed by atoms with Crippen molar-refractivity contribution in [3.05, 3.63) is 54.1 Å². The lowest BCUT2D eigenvalue weighted by atomic mass is 10.2. The molecule has 5 heteroatoms. The molecule has 0 heterocycles. The van der Waals surface area contributed by atoms with Crippen LogP contribution in [-0.2, 0) is 0 Å². The lowest BCUT2D eigenvalue weighted by Crippen LogP contribution is -1.93. The van der Waals surface area contributed by atoms with Crippen LogP contribution < -0.4 is 0 Å². The van der Waals surface area contributed by atoms with Crippen LogP contribution in [0.3, 0.4) is 0 Å². The molecule has 0 radical (unpaired) electrons. The first-order valence-corrected chi connectivity index (χ1v) is 5.00. The molecule has 4 N–H and O–H groups in total. The largest absolute Gasteiger partial charge is 0.508 e. The zero-order valence-corrected chi connectivity index (χ0v) is 9.32. The number of aromatic hydroxyl groups is 3. The van der Waals surface area contributed by atoms with Crippen LogP contribution in [0.1, 0.15) is 10.4 Å². The van der Waals surface area contributed by atoms with Crippen LogP contribution in [0.4, 0.5) is 0 Å². The number of phenolic OH excluding ortho intramolecular Hbond substituents is 3. The molecule has 0 aromatic heterocycles. The van der Waals surface area contributed by atoms with Gasteiger partial charge in [0.2, 0.25) is 0 Å². The molecule has 2 rings (SSSR count). The van der Waals surface area contributed by atoms with Crippen LogP contribution in [0.25, 0.3) is 0 Å². The predicted molar refractivity (Wildman–Crippen MR) is 64.8 cm³/mol. The Kier molecular flexibility index (Phi) is 4.57. The number of hydrogen-bond donors (Lipinski definition) is 4. The van der Waals surface area contributed by atoms with Gasteiger partial charge in [-0.25, -0.2) is 4.79 Å². The van der Waals surface area contributed by atoms with Gasteiger partial charge in [0.05, 0.1) is 5.56 Å². The highest BCUT2D eigenvalue weighted by Crippen LogP contribution is 2.21. The molecule has 0 unspecified atom stereocenters. The summed E-state index contributed by atoms with van der Waals surface area (Å²) in [4.78, 5) is 10.2. The van der Waals surface area contributed by atoms with Crippen molar-refractivity contribution in [3.8, 4) is 17.2 Å². The van der Waals surface area contributed by atoms with Crippen molar-refractivity contribution < 1.29 is 25.2 Å². The molecular formula is C13H12O5. The van der Waals surface area contributed by atoms with Crippen LogP contribution >= 0.6 is 0 Å². The van der Waals surface area contributed by atoms with E-state index in [4.69, 9.17) is 20.4 Å². The smallest absolute Gasteiger partial charge is 0.335 e. The third-order valence-corrected chi connectivity index (χ3v) is 2.00. The van der Waals surface area contributed by atoms with E-state index in [0.29, 0.717) is 0 Å². The Morgan fingerprint density at radius 3 is 1.56 bits per heavy atom. The first-order valence-electron chi connectivity index (χ1n) is 5.00. The zero-order chi connectivity index (χ0) is 13.5. The molecule has 0 amide bonds. The van der Waals surface area contributed by atoms with Gasteiger partial charge in [0, 0.05) is 0 Å². The minimum absolute atomic E-state index is 0.0741. The third-order valence-electron chi connectivity index (χ3n) is 2.00. The maximum absolute atomic E-state index is 10.2. The number of para-hydroxylation sites is 2. The second kappa shape index (κ2) is 6.15. The van der Waals surface area contributed by atoms with Crippen LogP contribution in [0.2, 0.25) is 0 Å². The Balaban J connectivity index is 0.000000184. The molecule has 0 aliphatic rings. The summed E-state index contributed by atoms with van der Waals surface area (Å²) < 4.78 is 0. The summed E-state index contributed by atoms with van der Waals surface area (Å²) in [6, 6.07) is 11.5. The van der Waals surface area contributed by atoms with Gasteiger partial charge >= 0.3 is 5.97 Å². The lowest BCUT2D eigenvalue weighted by molar-refractivity contribution is 0.0697. The topological polar surface area (TPSA) is 98.0 Å². The van der Waals surface area contributed by atoms with Crippen molar-refractivity contribution in [2.75, 3.05) is 0 Å². The Morgan fingerprint density at radius 2 is 1.22 bits per heavy atom. The Labute approximate surface area is 103 Å². The fourth-order valence-corrected chi connectivity index (χ4v) is 1.07. The van der Waals surface area contributed by atoms with Crippen molar-refractivity contribution in [2.45, 2.75) is 0 Å². The minimum Gasteiger partial charge on any atom is -0.508 e. The maximum Gasteiger partial charge on any atom is 0.335 e. The molecule has 0 spiro atoms. The molecule has 18 heavy (non-hydrogen) atoms. The normalized spacial score (nSPS) is 9.11. The molecular weight excluding hydrogens is 236 g/mol. The number of aromatic carboxylic acids is 1. The average molecular weight is 248 g/mol. The zero-order valence-electron chi connectivity index (χ0n) is 9.32. The van der Waals surface area contributed by atoms with Gasteiger partial charge in [-0.1, -0.05) is 12.1 Å². The molecule has 2 aromatic carbocycles. The average Bonchev–Trinajstić information content (AvgIpc) is 2.34. The number of benzene rings is 2. The van der Waals surface area contributed by atoms with Crippen molar-refractivity contribution in [1.29, 1.82) is 0 Å². The molecule has 0 aliphatic heterocycles. The number of phenols is 3. The number of carboxylic acid groups (broad SMARTS) is 1. The third kappa shape index (κ3) is 4.05. The molecule has 5 nitrogen and oxygen atoms in total. The number of carboxylic acids is 1. The van der Waals surface area contributed by atoms with Crippen molar-refractivity contribution in [2.24, 2.45) is 0 Å². The number of rotatable bonds is 1. The summed E-state index contributed by atoms with van der Waals surface area (Å²) in [5.41, 5.74) is 0.179. The highest BCUT2D eigenvalue weighted by Gasteiger charge is 1.99. The second-order valence-corrected chi connectivity index (χ2v) is 3.34. The molecule has 94 valence electrons. The predicted octanol–water partition coefficient (Wildman–Crippen LogP) is 2.19. The first-order chi connectivity index (χ1) is 8.50. The first kappa shape index (κ1) is 13.4. The van der Waals surface area contributed by atoms with E-state index in [1.807, 2.05) is 0 Å². The standard InChI is InChI=1S/C7H6O3.C6H6O2/c8-6-3-1-5(2-4-6)7(9)10;7-5-3-1-2-4-6(5)8/h1-4,8H,(H,9,10);1-4,7-8H. The molecule has 0 atom stereocenters. The fraction of sp³-hybridized carbons (Fsp3) is 0. The van der Waals surface area contributed by atoms with Gasteiger partial charge < -0.3 is 20.4 Å². The molecule has 0 fully saturated rings. The summed E-state index contributed by atoms with van der Waals surface area (Å²) in [6.07, 6.45) is 0. The summed E-state index contributed by atoms with van der Waals surface area (Å²) >= 11 is 0. The summed E-state index contributed by atoms with van der Waals surface area (Å²) in [5, 5.41) is 34.5. The van der Waals surface area contributed by atoms with E-state index < -0.39 is 5.97 Å². The Bertz CT molecular complexity index is 498. The van der Waals surface area contributed by atoms with Crippen molar-refractivity contribution in [1.82, 2.24) is 0 Å². The molecule has 0 bridgehead atoms. The van der Waals surface area contributed by atoms with E-state index in [-0.39, 0.29) is 22.8 Å². The van der Waals surface area contributed by atoms with E-state index in [0.717, 1.165) is 0 Å². The molecule has 0 aliphatic carbocycles. The molecule has 0 saturated heterocycles. The summed E-state index contributed by atoms with van der Waals surface area (Å²) in [5.74, 6) is -1.06. The van der Waals surface area contributed by atoms with Crippen LogP contribution in [0.5, 0.6) is 17.2 Å².